The Hall–Kier alpha value is 1.56. The van der Waals surface area contributed by atoms with Gasteiger partial charge in [-0.3, -0.25) is 0 Å². The Morgan fingerprint density at radius 2 is 0.400 bits per heavy atom. The summed E-state index contributed by atoms with van der Waals surface area (Å²) in [5.74, 6) is 0. The fourth-order valence-corrected chi connectivity index (χ4v) is 84.5. The van der Waals surface area contributed by atoms with Crippen LogP contribution in [0.3, 0.4) is 0 Å². The SMILES string of the molecule is CCC[Si]1(C)O[Si](C)(CCC)O[Si](C)(CCCOC2COC2)O[Si](C)(CCCOCC2CO2)O1.CCC[Si]1(C)O[Si](C)(CCCOCC2CO2)O[Si](C)(C)O[Si](C)(CCCOCC2CO2)O1.CCC[Si]1(C)O[Si](C)(CCCOCC2CO2)O[Si](C)(CCCOCC2CO2)O[Si](C)(CCCOCC2CO2)O1. The Morgan fingerprint density at radius 3 is 0.562 bits per heavy atom. The van der Waals surface area contributed by atoms with Crippen LogP contribution in [-0.4, -0.2) is 284 Å². The van der Waals surface area contributed by atoms with Crippen LogP contribution >= 0.6 is 0 Å². The summed E-state index contributed by atoms with van der Waals surface area (Å²) in [6, 6.07) is 9.99. The lowest BCUT2D eigenvalue weighted by Gasteiger charge is -2.50. The second-order valence-electron chi connectivity index (χ2n) is 33.0. The minimum Gasteiger partial charge on any atom is -0.416 e. The molecule has 0 aliphatic carbocycles. The quantitative estimate of drug-likeness (QED) is 0.0311. The van der Waals surface area contributed by atoms with E-state index in [1.165, 1.54) is 0 Å². The third-order valence-corrected chi connectivity index (χ3v) is 75.9. The maximum absolute atomic E-state index is 7.17. The molecule has 0 aromatic rings. The summed E-state index contributed by atoms with van der Waals surface area (Å²) in [7, 11) is -30.0. The number of epoxide rings is 6. The maximum atomic E-state index is 7.17. The first-order valence-corrected chi connectivity index (χ1v) is 71.1. The van der Waals surface area contributed by atoms with Gasteiger partial charge in [0.05, 0.1) is 92.5 Å². The predicted molar refractivity (Wildman–Crippen MR) is 429 cm³/mol. The highest BCUT2D eigenvalue weighted by Crippen LogP contribution is 2.43. The Labute approximate surface area is 645 Å². The molecule has 10 fully saturated rings. The Kier molecular flexibility index (Phi) is 37.8. The molecule has 0 saturated carbocycles. The van der Waals surface area contributed by atoms with E-state index in [0.717, 1.165) is 183 Å². The van der Waals surface area contributed by atoms with Gasteiger partial charge in [0, 0.05) is 46.2 Å². The minimum atomic E-state index is -2.63. The molecule has 14 atom stereocenters. The van der Waals surface area contributed by atoms with E-state index in [9.17, 15) is 0 Å². The standard InChI is InChI=1S/C25H52O10Si4.C22H48O8Si4.C20H44O8Si4/c1-6-13-36(2)32-37(3,14-7-10-26-17-23-20-29-23)34-39(5,16-9-12-28-19-25-22-31-25)35-38(4,33-36)15-8-11-27-18-24-21-30-24;1-7-13-31(3)27-32(4,14-8-2)29-34(6,16-10-12-25-21-18-24-19-21)30-33(5,28-31)15-9-11-23-17-22-20-26-22;1-7-12-30(4)27-31(5,13-8-10-21-15-19-17-23-19)25-29(2,3)26-32(6,28-30)14-9-11-22-16-20-18-24-20/h23-25H,6-22H2,1-5H3;21-22H,7-20H2,1-6H3;19-20H,7-18H2,1-6H3. The van der Waals surface area contributed by atoms with Crippen molar-refractivity contribution in [1.29, 1.82) is 0 Å². The fourth-order valence-electron chi connectivity index (χ4n) is 15.0. The summed E-state index contributed by atoms with van der Waals surface area (Å²) in [6.45, 7) is 52.9. The highest BCUT2D eigenvalue weighted by atomic mass is 28.5. The van der Waals surface area contributed by atoms with Crippen molar-refractivity contribution in [1.82, 2.24) is 0 Å². The Balaban J connectivity index is 0.000000200. The Morgan fingerprint density at radius 1 is 0.229 bits per heavy atom. The minimum absolute atomic E-state index is 0.251. The summed E-state index contributed by atoms with van der Waals surface area (Å²) >= 11 is 0. The summed E-state index contributed by atoms with van der Waals surface area (Å²) in [5, 5.41) is 0. The normalized spacial score (nSPS) is 39.2. The van der Waals surface area contributed by atoms with Gasteiger partial charge in [0.15, 0.2) is 0 Å². The van der Waals surface area contributed by atoms with E-state index < -0.39 is 103 Å². The average Bonchev–Trinajstić information content (AvgIpc) is 1.78. The van der Waals surface area contributed by atoms with Gasteiger partial charge in [-0.2, -0.15) is 0 Å². The van der Waals surface area contributed by atoms with Gasteiger partial charge in [0.2, 0.25) is 0 Å². The van der Waals surface area contributed by atoms with Crippen molar-refractivity contribution in [3.63, 3.8) is 0 Å². The van der Waals surface area contributed by atoms with Gasteiger partial charge < -0.3 is 116 Å². The molecule has 0 radical (unpaired) electrons. The average molecular weight is 1700 g/mol. The van der Waals surface area contributed by atoms with Crippen molar-refractivity contribution in [2.45, 2.75) is 293 Å². The molecule has 0 aromatic carbocycles. The lowest BCUT2D eigenvalue weighted by Crippen LogP contribution is -2.67. The summed E-state index contributed by atoms with van der Waals surface area (Å²) in [5.41, 5.74) is 0. The van der Waals surface area contributed by atoms with Crippen LogP contribution in [0.2, 0.25) is 152 Å². The zero-order valence-electron chi connectivity index (χ0n) is 68.1. The van der Waals surface area contributed by atoms with Crippen LogP contribution in [0.5, 0.6) is 0 Å². The topological polar surface area (TPSA) is 260 Å². The predicted octanol–water partition coefficient (Wildman–Crippen LogP) is 13.0. The van der Waals surface area contributed by atoms with Crippen molar-refractivity contribution in [3.8, 4) is 0 Å². The van der Waals surface area contributed by atoms with Gasteiger partial charge in [0.1, 0.15) is 42.7 Å². The number of hydrogen-bond acceptors (Lipinski definition) is 26. The molecule has 10 rings (SSSR count). The molecule has 10 saturated heterocycles. The van der Waals surface area contributed by atoms with Gasteiger partial charge in [-0.25, -0.2) is 0 Å². The van der Waals surface area contributed by atoms with Crippen LogP contribution in [0.25, 0.3) is 0 Å². The zero-order chi connectivity index (χ0) is 75.8. The fraction of sp³-hybridized carbons (Fsp3) is 1.00. The second kappa shape index (κ2) is 43.1. The van der Waals surface area contributed by atoms with E-state index in [4.69, 9.17) is 116 Å². The lowest BCUT2D eigenvalue weighted by molar-refractivity contribution is -0.129. The molecular formula is C67H144O26Si12. The van der Waals surface area contributed by atoms with Gasteiger partial charge >= 0.3 is 103 Å². The van der Waals surface area contributed by atoms with Crippen LogP contribution in [-0.2, 0) is 116 Å². The van der Waals surface area contributed by atoms with E-state index in [0.29, 0.717) is 111 Å². The van der Waals surface area contributed by atoms with Crippen LogP contribution in [0.1, 0.15) is 98.3 Å². The molecule has 616 valence electrons. The summed E-state index contributed by atoms with van der Waals surface area (Å²) in [6.07, 6.45) is 12.5. The van der Waals surface area contributed by atoms with Crippen LogP contribution in [0.4, 0.5) is 0 Å². The van der Waals surface area contributed by atoms with Gasteiger partial charge in [0.25, 0.3) is 0 Å². The van der Waals surface area contributed by atoms with E-state index in [-0.39, 0.29) is 24.4 Å². The highest BCUT2D eigenvalue weighted by molar-refractivity contribution is 6.96. The second-order valence-corrected chi connectivity index (χ2v) is 76.1. The van der Waals surface area contributed by atoms with Crippen LogP contribution in [0, 0.1) is 0 Å². The zero-order valence-corrected chi connectivity index (χ0v) is 80.1. The van der Waals surface area contributed by atoms with E-state index in [2.05, 4.69) is 113 Å². The molecule has 10 aliphatic heterocycles. The van der Waals surface area contributed by atoms with Gasteiger partial charge in [-0.1, -0.05) is 53.4 Å². The van der Waals surface area contributed by atoms with Crippen molar-refractivity contribution < 1.29 is 116 Å². The lowest BCUT2D eigenvalue weighted by atomic mass is 10.3. The van der Waals surface area contributed by atoms with Crippen molar-refractivity contribution in [2.75, 3.05) is 139 Å². The molecule has 0 bridgehead atoms. The molecule has 0 amide bonds. The number of rotatable bonds is 49. The molecule has 10 aliphatic rings. The Bertz CT molecular complexity index is 2390. The molecule has 10 heterocycles. The monoisotopic (exact) mass is 1700 g/mol. The van der Waals surface area contributed by atoms with E-state index >= 15 is 0 Å². The van der Waals surface area contributed by atoms with Crippen LogP contribution < -0.4 is 0 Å². The molecule has 38 heteroatoms. The first-order valence-electron chi connectivity index (χ1n) is 40.5. The molecule has 26 nitrogen and oxygen atoms in total. The first kappa shape index (κ1) is 92.1. The number of ether oxygens (including phenoxy) is 14. The summed E-state index contributed by atoms with van der Waals surface area (Å²) in [4.78, 5) is 0. The largest absolute Gasteiger partial charge is 0.416 e. The van der Waals surface area contributed by atoms with Crippen molar-refractivity contribution in [2.24, 2.45) is 0 Å². The third kappa shape index (κ3) is 36.7. The first-order chi connectivity index (χ1) is 49.8. The van der Waals surface area contributed by atoms with E-state index in [1.807, 2.05) is 0 Å². The molecule has 14 unspecified atom stereocenters. The maximum Gasteiger partial charge on any atom is 0.317 e. The van der Waals surface area contributed by atoms with E-state index in [1.54, 1.807) is 0 Å². The molecule has 0 spiro atoms. The van der Waals surface area contributed by atoms with Gasteiger partial charge in [-0.05, 0) is 197 Å². The third-order valence-electron chi connectivity index (χ3n) is 19.5. The molecule has 105 heavy (non-hydrogen) atoms. The molecular weight excluding hydrogens is 1560 g/mol. The van der Waals surface area contributed by atoms with Crippen molar-refractivity contribution >= 4 is 103 Å². The number of hydrogen-bond donors (Lipinski definition) is 0. The van der Waals surface area contributed by atoms with Crippen LogP contribution in [0.15, 0.2) is 0 Å². The molecule has 0 N–H and O–H groups in total. The summed E-state index contributed by atoms with van der Waals surface area (Å²) < 4.78 is 162. The smallest absolute Gasteiger partial charge is 0.317 e. The molecule has 0 aromatic heterocycles. The van der Waals surface area contributed by atoms with Crippen molar-refractivity contribution in [3.05, 3.63) is 0 Å². The van der Waals surface area contributed by atoms with Gasteiger partial charge in [-0.15, -0.1) is 0 Å². The highest BCUT2D eigenvalue weighted by Gasteiger charge is 2.59.